The topological polar surface area (TPSA) is 30.5 Å². The quantitative estimate of drug-likeness (QED) is 0.911. The van der Waals surface area contributed by atoms with Crippen molar-refractivity contribution in [3.63, 3.8) is 0 Å². The molecule has 0 aromatic heterocycles. The van der Waals surface area contributed by atoms with Crippen LogP contribution in [-0.2, 0) is 15.9 Å². The molecule has 21 heavy (non-hydrogen) atoms. The van der Waals surface area contributed by atoms with Crippen molar-refractivity contribution < 1.29 is 9.47 Å². The Bertz CT molecular complexity index is 550. The van der Waals surface area contributed by atoms with E-state index in [9.17, 15) is 0 Å². The summed E-state index contributed by atoms with van der Waals surface area (Å²) in [5, 5.41) is 3.52. The second-order valence-electron chi connectivity index (χ2n) is 5.30. The number of hydrogen-bond acceptors (Lipinski definition) is 3. The van der Waals surface area contributed by atoms with Crippen molar-refractivity contribution in [1.29, 1.82) is 0 Å². The predicted octanol–water partition coefficient (Wildman–Crippen LogP) is 3.45. The Hall–Kier alpha value is -1.84. The number of rotatable bonds is 5. The highest BCUT2D eigenvalue weighted by Crippen LogP contribution is 2.19. The fourth-order valence-corrected chi connectivity index (χ4v) is 2.55. The molecule has 0 saturated carbocycles. The van der Waals surface area contributed by atoms with Crippen molar-refractivity contribution >= 4 is 5.69 Å². The second kappa shape index (κ2) is 7.25. The zero-order chi connectivity index (χ0) is 14.3. The van der Waals surface area contributed by atoms with Gasteiger partial charge in [-0.25, -0.2) is 0 Å². The van der Waals surface area contributed by atoms with Gasteiger partial charge in [0.15, 0.2) is 0 Å². The SMILES string of the molecule is c1ccc(Cc2ccccc2NCC2CCOCO2)cc1. The van der Waals surface area contributed by atoms with E-state index in [0.29, 0.717) is 6.79 Å². The molecule has 0 amide bonds. The van der Waals surface area contributed by atoms with Crippen molar-refractivity contribution in [2.24, 2.45) is 0 Å². The first kappa shape index (κ1) is 14.1. The number of hydrogen-bond donors (Lipinski definition) is 1. The zero-order valence-corrected chi connectivity index (χ0v) is 12.1. The van der Waals surface area contributed by atoms with Gasteiger partial charge in [-0.3, -0.25) is 0 Å². The van der Waals surface area contributed by atoms with Gasteiger partial charge in [-0.2, -0.15) is 0 Å². The Labute approximate surface area is 125 Å². The van der Waals surface area contributed by atoms with Crippen LogP contribution in [0.5, 0.6) is 0 Å². The van der Waals surface area contributed by atoms with Crippen molar-refractivity contribution in [2.75, 3.05) is 25.3 Å². The lowest BCUT2D eigenvalue weighted by Crippen LogP contribution is -2.30. The minimum absolute atomic E-state index is 0.239. The molecule has 2 aromatic carbocycles. The van der Waals surface area contributed by atoms with E-state index in [1.54, 1.807) is 0 Å². The van der Waals surface area contributed by atoms with Gasteiger partial charge in [0.25, 0.3) is 0 Å². The molecule has 1 aliphatic heterocycles. The maximum Gasteiger partial charge on any atom is 0.147 e. The third kappa shape index (κ3) is 4.06. The molecule has 1 atom stereocenters. The van der Waals surface area contributed by atoms with Gasteiger partial charge in [0.2, 0.25) is 0 Å². The van der Waals surface area contributed by atoms with Crippen LogP contribution in [0.4, 0.5) is 5.69 Å². The Kier molecular flexibility index (Phi) is 4.87. The monoisotopic (exact) mass is 283 g/mol. The van der Waals surface area contributed by atoms with Gasteiger partial charge in [0.05, 0.1) is 12.7 Å². The van der Waals surface area contributed by atoms with E-state index in [-0.39, 0.29) is 6.10 Å². The lowest BCUT2D eigenvalue weighted by molar-refractivity contribution is -0.133. The van der Waals surface area contributed by atoms with Crippen LogP contribution in [0.2, 0.25) is 0 Å². The predicted molar refractivity (Wildman–Crippen MR) is 84.5 cm³/mol. The largest absolute Gasteiger partial charge is 0.382 e. The standard InChI is InChI=1S/C18H21NO2/c1-2-6-15(7-3-1)12-16-8-4-5-9-18(16)19-13-17-10-11-20-14-21-17/h1-9,17,19H,10-14H2. The lowest BCUT2D eigenvalue weighted by atomic mass is 10.0. The van der Waals surface area contributed by atoms with Gasteiger partial charge in [0, 0.05) is 12.2 Å². The fourth-order valence-electron chi connectivity index (χ4n) is 2.55. The third-order valence-corrected chi connectivity index (χ3v) is 3.75. The first-order valence-electron chi connectivity index (χ1n) is 7.47. The zero-order valence-electron chi connectivity index (χ0n) is 12.1. The molecular formula is C18H21NO2. The summed E-state index contributed by atoms with van der Waals surface area (Å²) in [6.45, 7) is 2.03. The molecule has 1 unspecified atom stereocenters. The van der Waals surface area contributed by atoms with Crippen LogP contribution in [0, 0.1) is 0 Å². The molecule has 1 saturated heterocycles. The van der Waals surface area contributed by atoms with Gasteiger partial charge < -0.3 is 14.8 Å². The van der Waals surface area contributed by atoms with Crippen LogP contribution in [0.1, 0.15) is 17.5 Å². The van der Waals surface area contributed by atoms with E-state index in [1.807, 2.05) is 0 Å². The van der Waals surface area contributed by atoms with E-state index >= 15 is 0 Å². The van der Waals surface area contributed by atoms with Gasteiger partial charge in [0.1, 0.15) is 6.79 Å². The third-order valence-electron chi connectivity index (χ3n) is 3.75. The van der Waals surface area contributed by atoms with E-state index in [1.165, 1.54) is 16.8 Å². The van der Waals surface area contributed by atoms with E-state index in [2.05, 4.69) is 59.9 Å². The molecule has 3 rings (SSSR count). The van der Waals surface area contributed by atoms with Crippen LogP contribution in [0.25, 0.3) is 0 Å². The number of ether oxygens (including phenoxy) is 2. The van der Waals surface area contributed by atoms with Crippen LogP contribution in [0.3, 0.4) is 0 Å². The second-order valence-corrected chi connectivity index (χ2v) is 5.30. The molecule has 0 aliphatic carbocycles. The number of anilines is 1. The van der Waals surface area contributed by atoms with Gasteiger partial charge in [-0.15, -0.1) is 0 Å². The van der Waals surface area contributed by atoms with E-state index in [4.69, 9.17) is 9.47 Å². The highest BCUT2D eigenvalue weighted by Gasteiger charge is 2.14. The Morgan fingerprint density at radius 2 is 1.81 bits per heavy atom. The average molecular weight is 283 g/mol. The summed E-state index contributed by atoms with van der Waals surface area (Å²) < 4.78 is 10.8. The summed E-state index contributed by atoms with van der Waals surface area (Å²) in [6, 6.07) is 19.0. The molecule has 1 heterocycles. The Morgan fingerprint density at radius 1 is 1.00 bits per heavy atom. The Morgan fingerprint density at radius 3 is 2.62 bits per heavy atom. The first-order valence-corrected chi connectivity index (χ1v) is 7.47. The maximum atomic E-state index is 5.57. The molecule has 110 valence electrons. The smallest absolute Gasteiger partial charge is 0.147 e. The highest BCUT2D eigenvalue weighted by atomic mass is 16.7. The molecule has 3 nitrogen and oxygen atoms in total. The van der Waals surface area contributed by atoms with Crippen molar-refractivity contribution in [3.8, 4) is 0 Å². The van der Waals surface area contributed by atoms with E-state index < -0.39 is 0 Å². The van der Waals surface area contributed by atoms with Crippen LogP contribution in [0.15, 0.2) is 54.6 Å². The van der Waals surface area contributed by atoms with Crippen molar-refractivity contribution in [3.05, 3.63) is 65.7 Å². The van der Waals surface area contributed by atoms with Gasteiger partial charge in [-0.05, 0) is 30.0 Å². The molecular weight excluding hydrogens is 262 g/mol. The van der Waals surface area contributed by atoms with E-state index in [0.717, 1.165) is 26.0 Å². The summed E-state index contributed by atoms with van der Waals surface area (Å²) in [5.74, 6) is 0. The normalized spacial score (nSPS) is 18.4. The minimum Gasteiger partial charge on any atom is -0.382 e. The average Bonchev–Trinajstić information content (AvgIpc) is 2.56. The summed E-state index contributed by atoms with van der Waals surface area (Å²) in [6.07, 6.45) is 2.13. The summed E-state index contributed by atoms with van der Waals surface area (Å²) in [5.41, 5.74) is 3.83. The molecule has 1 fully saturated rings. The Balaban J connectivity index is 1.64. The summed E-state index contributed by atoms with van der Waals surface area (Å²) >= 11 is 0. The van der Waals surface area contributed by atoms with Crippen molar-refractivity contribution in [2.45, 2.75) is 18.9 Å². The molecule has 0 spiro atoms. The van der Waals surface area contributed by atoms with Crippen molar-refractivity contribution in [1.82, 2.24) is 0 Å². The molecule has 1 N–H and O–H groups in total. The molecule has 1 aliphatic rings. The molecule has 2 aromatic rings. The number of nitrogens with one attached hydrogen (secondary N) is 1. The maximum absolute atomic E-state index is 5.57. The van der Waals surface area contributed by atoms with Crippen LogP contribution < -0.4 is 5.32 Å². The van der Waals surface area contributed by atoms with Gasteiger partial charge in [-0.1, -0.05) is 48.5 Å². The van der Waals surface area contributed by atoms with Crippen LogP contribution in [-0.4, -0.2) is 26.0 Å². The molecule has 3 heteroatoms. The van der Waals surface area contributed by atoms with Crippen LogP contribution >= 0.6 is 0 Å². The first-order chi connectivity index (χ1) is 10.4. The van der Waals surface area contributed by atoms with Gasteiger partial charge >= 0.3 is 0 Å². The molecule has 0 bridgehead atoms. The lowest BCUT2D eigenvalue weighted by Gasteiger charge is -2.24. The number of benzene rings is 2. The minimum atomic E-state index is 0.239. The summed E-state index contributed by atoms with van der Waals surface area (Å²) in [7, 11) is 0. The molecule has 0 radical (unpaired) electrons. The number of para-hydroxylation sites is 1. The fraction of sp³-hybridized carbons (Fsp3) is 0.333. The summed E-state index contributed by atoms with van der Waals surface area (Å²) in [4.78, 5) is 0. The highest BCUT2D eigenvalue weighted by molar-refractivity contribution is 5.52.